The van der Waals surface area contributed by atoms with E-state index in [9.17, 15) is 0 Å². The number of nitrogens with two attached hydrogens (primary N) is 1. The van der Waals surface area contributed by atoms with E-state index in [0.29, 0.717) is 0 Å². The van der Waals surface area contributed by atoms with Gasteiger partial charge in [0.15, 0.2) is 6.33 Å². The molecule has 0 bridgehead atoms. The molecule has 2 N–H and O–H groups in total. The minimum absolute atomic E-state index is 0. The summed E-state index contributed by atoms with van der Waals surface area (Å²) in [5.41, 5.74) is 0. The first-order valence-electron chi connectivity index (χ1n) is 1.37. The summed E-state index contributed by atoms with van der Waals surface area (Å²) in [5.74, 6) is 4.96. The van der Waals surface area contributed by atoms with Gasteiger partial charge in [0.05, 0.1) is 0 Å². The fourth-order valence-electron chi connectivity index (χ4n) is 0.168. The van der Waals surface area contributed by atoms with Crippen molar-refractivity contribution in [3.63, 3.8) is 0 Å². The van der Waals surface area contributed by atoms with E-state index in [1.54, 1.807) is 0 Å². The van der Waals surface area contributed by atoms with E-state index in [1.165, 1.54) is 6.33 Å². The molecular formula is CH5BaN5. The maximum absolute atomic E-state index is 4.96. The van der Waals surface area contributed by atoms with Crippen molar-refractivity contribution < 1.29 is 0 Å². The zero-order valence-electron chi connectivity index (χ0n) is 2.94. The summed E-state index contributed by atoms with van der Waals surface area (Å²) in [4.78, 5) is 1.03. The normalized spacial score (nSPS) is 7.43. The van der Waals surface area contributed by atoms with E-state index >= 15 is 0 Å². The number of nitrogen functional groups attached to an aromatic ring is 1. The van der Waals surface area contributed by atoms with Crippen LogP contribution in [0.1, 0.15) is 0 Å². The van der Waals surface area contributed by atoms with Crippen LogP contribution in [0.3, 0.4) is 0 Å². The van der Waals surface area contributed by atoms with Crippen molar-refractivity contribution in [3.05, 3.63) is 6.33 Å². The second-order valence-corrected chi connectivity index (χ2v) is 0.790. The van der Waals surface area contributed by atoms with Crippen molar-refractivity contribution in [2.75, 3.05) is 5.84 Å². The third kappa shape index (κ3) is 2.29. The first kappa shape index (κ1) is 7.44. The summed E-state index contributed by atoms with van der Waals surface area (Å²) in [5, 5.41) is 9.71. The van der Waals surface area contributed by atoms with Crippen LogP contribution in [0.4, 0.5) is 0 Å². The third-order valence-corrected chi connectivity index (χ3v) is 0.365. The van der Waals surface area contributed by atoms with Crippen molar-refractivity contribution in [3.8, 4) is 0 Å². The molecular weight excluding hydrogens is 219 g/mol. The molecule has 0 saturated carbocycles. The van der Waals surface area contributed by atoms with Crippen molar-refractivity contribution >= 4 is 48.9 Å². The molecule has 0 aliphatic rings. The number of nitrogens with zero attached hydrogens (tertiary/aromatic N) is 4. The molecule has 1 aromatic rings. The van der Waals surface area contributed by atoms with Gasteiger partial charge in [-0.25, -0.2) is 0 Å². The van der Waals surface area contributed by atoms with Gasteiger partial charge < -0.3 is 5.84 Å². The Hall–Kier alpha value is 0.441. The van der Waals surface area contributed by atoms with Crippen molar-refractivity contribution in [2.24, 2.45) is 0 Å². The number of tetrazole rings is 1. The summed E-state index contributed by atoms with van der Waals surface area (Å²) in [6.45, 7) is 0. The van der Waals surface area contributed by atoms with Crippen LogP contribution in [0.25, 0.3) is 0 Å². The van der Waals surface area contributed by atoms with E-state index < -0.39 is 0 Å². The molecule has 0 amide bonds. The molecule has 1 heterocycles. The fraction of sp³-hybridized carbons (Fsp3) is 0. The first-order chi connectivity index (χ1) is 2.89. The second kappa shape index (κ2) is 3.44. The zero-order valence-corrected chi connectivity index (χ0v) is 2.94. The molecule has 1 rings (SSSR count). The van der Waals surface area contributed by atoms with Crippen LogP contribution in [0.5, 0.6) is 0 Å². The molecule has 5 nitrogen and oxygen atoms in total. The number of hydrogen-bond donors (Lipinski definition) is 1. The van der Waals surface area contributed by atoms with Crippen molar-refractivity contribution in [2.45, 2.75) is 0 Å². The van der Waals surface area contributed by atoms with Crippen LogP contribution < -0.4 is 5.84 Å². The van der Waals surface area contributed by atoms with E-state index in [4.69, 9.17) is 5.84 Å². The standard InChI is InChI=1S/CH3N5.Ba.2H/c2-6-1-3-4-5-6;;;/h1H,2H2;;;. The van der Waals surface area contributed by atoms with Crippen LogP contribution >= 0.6 is 0 Å². The zero-order chi connectivity index (χ0) is 4.41. The summed E-state index contributed by atoms with van der Waals surface area (Å²) in [6, 6.07) is 0. The molecule has 0 fully saturated rings. The molecule has 36 valence electrons. The molecule has 0 radical (unpaired) electrons. The van der Waals surface area contributed by atoms with Crippen LogP contribution in [-0.4, -0.2) is 69.2 Å². The topological polar surface area (TPSA) is 69.6 Å². The average Bonchev–Trinajstić information content (AvgIpc) is 1.86. The van der Waals surface area contributed by atoms with Gasteiger partial charge >= 0.3 is 48.9 Å². The Labute approximate surface area is 80.3 Å². The predicted octanol–water partition coefficient (Wildman–Crippen LogP) is -2.53. The Morgan fingerprint density at radius 1 is 1.57 bits per heavy atom. The van der Waals surface area contributed by atoms with Crippen LogP contribution in [0, 0.1) is 0 Å². The Balaban J connectivity index is 0.000000360. The summed E-state index contributed by atoms with van der Waals surface area (Å²) in [7, 11) is 0. The number of aromatic nitrogens is 4. The van der Waals surface area contributed by atoms with Gasteiger partial charge in [-0.3, -0.25) is 0 Å². The summed E-state index contributed by atoms with van der Waals surface area (Å²) >= 11 is 0. The molecule has 0 atom stereocenters. The molecule has 6 heteroatoms. The molecule has 0 aliphatic heterocycles. The van der Waals surface area contributed by atoms with Gasteiger partial charge in [-0.2, -0.15) is 0 Å². The molecule has 1 aromatic heterocycles. The van der Waals surface area contributed by atoms with E-state index in [2.05, 4.69) is 15.5 Å². The number of hydrogen-bond acceptors (Lipinski definition) is 4. The predicted molar refractivity (Wildman–Crippen MR) is 26.5 cm³/mol. The quantitative estimate of drug-likeness (QED) is 0.390. The Bertz CT molecular complexity index is 112. The molecule has 0 unspecified atom stereocenters. The van der Waals surface area contributed by atoms with E-state index in [0.717, 1.165) is 4.79 Å². The average molecular weight is 224 g/mol. The summed E-state index contributed by atoms with van der Waals surface area (Å²) in [6.07, 6.45) is 1.31. The van der Waals surface area contributed by atoms with Gasteiger partial charge in [-0.05, 0) is 10.4 Å². The third-order valence-electron chi connectivity index (χ3n) is 0.365. The molecule has 0 aromatic carbocycles. The van der Waals surface area contributed by atoms with Crippen LogP contribution in [0.2, 0.25) is 0 Å². The maximum atomic E-state index is 4.96. The van der Waals surface area contributed by atoms with Crippen LogP contribution in [-0.2, 0) is 0 Å². The van der Waals surface area contributed by atoms with Gasteiger partial charge in [0, 0.05) is 0 Å². The van der Waals surface area contributed by atoms with Gasteiger partial charge in [-0.1, -0.05) is 0 Å². The summed E-state index contributed by atoms with van der Waals surface area (Å²) < 4.78 is 0. The van der Waals surface area contributed by atoms with Crippen molar-refractivity contribution in [1.29, 1.82) is 0 Å². The monoisotopic (exact) mass is 225 g/mol. The van der Waals surface area contributed by atoms with E-state index in [1.807, 2.05) is 0 Å². The fourth-order valence-corrected chi connectivity index (χ4v) is 0.168. The van der Waals surface area contributed by atoms with Gasteiger partial charge in [0.1, 0.15) is 0 Å². The molecule has 0 spiro atoms. The second-order valence-electron chi connectivity index (χ2n) is 0.790. The number of rotatable bonds is 0. The molecule has 0 aliphatic carbocycles. The molecule has 0 saturated heterocycles. The van der Waals surface area contributed by atoms with Gasteiger partial charge in [0.25, 0.3) is 0 Å². The Morgan fingerprint density at radius 2 is 2.29 bits per heavy atom. The van der Waals surface area contributed by atoms with Gasteiger partial charge in [-0.15, -0.1) is 9.89 Å². The molecule has 7 heavy (non-hydrogen) atoms. The Kier molecular flexibility index (Phi) is 3.66. The first-order valence-corrected chi connectivity index (χ1v) is 1.37. The van der Waals surface area contributed by atoms with Crippen LogP contribution in [0.15, 0.2) is 6.33 Å². The minimum atomic E-state index is 0. The van der Waals surface area contributed by atoms with Gasteiger partial charge in [0.2, 0.25) is 0 Å². The SMILES string of the molecule is Nn1cnnn1.[BaH2]. The van der Waals surface area contributed by atoms with E-state index in [-0.39, 0.29) is 48.9 Å². The van der Waals surface area contributed by atoms with Crippen molar-refractivity contribution in [1.82, 2.24) is 20.3 Å². The Morgan fingerprint density at radius 3 is 2.43 bits per heavy atom.